The average molecular weight is 320 g/mol. The summed E-state index contributed by atoms with van der Waals surface area (Å²) in [5.41, 5.74) is 1.62. The van der Waals surface area contributed by atoms with Crippen LogP contribution in [0.1, 0.15) is 0 Å². The minimum absolute atomic E-state index is 0.199. The largest absolute Gasteiger partial charge is 0.261 e. The van der Waals surface area contributed by atoms with E-state index in [4.69, 9.17) is 11.6 Å². The van der Waals surface area contributed by atoms with Gasteiger partial charge in [0.05, 0.1) is 21.8 Å². The quantitative estimate of drug-likeness (QED) is 0.450. The maximum Gasteiger partial charge on any atom is 0.225 e. The van der Waals surface area contributed by atoms with Gasteiger partial charge in [0.15, 0.2) is 9.99 Å². The topological polar surface area (TPSA) is 67.3 Å². The first kappa shape index (κ1) is 12.1. The molecule has 0 bridgehead atoms. The van der Waals surface area contributed by atoms with Crippen molar-refractivity contribution in [1.82, 2.24) is 25.1 Å². The van der Waals surface area contributed by atoms with Gasteiger partial charge in [-0.05, 0) is 35.5 Å². The predicted molar refractivity (Wildman–Crippen MR) is 80.4 cm³/mol. The van der Waals surface area contributed by atoms with E-state index in [1.54, 1.807) is 17.5 Å². The highest BCUT2D eigenvalue weighted by Crippen LogP contribution is 2.36. The van der Waals surface area contributed by atoms with Gasteiger partial charge in [-0.1, -0.05) is 12.1 Å². The third-order valence-electron chi connectivity index (χ3n) is 2.71. The number of fused-ring (bicyclic) bond motifs is 2. The van der Waals surface area contributed by atoms with Crippen LogP contribution in [0.15, 0.2) is 39.8 Å². The van der Waals surface area contributed by atoms with E-state index < -0.39 is 0 Å². The number of thiazole rings is 1. The van der Waals surface area contributed by atoms with Gasteiger partial charge in [0.1, 0.15) is 5.03 Å². The molecular formula is C12H6ClN5S2. The summed E-state index contributed by atoms with van der Waals surface area (Å²) in [5.74, 6) is 0. The lowest BCUT2D eigenvalue weighted by Gasteiger charge is -1.98. The highest BCUT2D eigenvalue weighted by atomic mass is 35.5. The van der Waals surface area contributed by atoms with Gasteiger partial charge in [-0.2, -0.15) is 10.1 Å². The lowest BCUT2D eigenvalue weighted by molar-refractivity contribution is 1.07. The molecule has 0 aliphatic carbocycles. The molecule has 0 saturated heterocycles. The fourth-order valence-electron chi connectivity index (χ4n) is 1.84. The van der Waals surface area contributed by atoms with E-state index in [1.165, 1.54) is 11.8 Å². The first-order valence-corrected chi connectivity index (χ1v) is 7.71. The van der Waals surface area contributed by atoms with Crippen molar-refractivity contribution in [2.24, 2.45) is 0 Å². The number of aromatic nitrogens is 5. The second-order valence-electron chi connectivity index (χ2n) is 3.98. The van der Waals surface area contributed by atoms with Crippen molar-refractivity contribution in [2.75, 3.05) is 0 Å². The van der Waals surface area contributed by atoms with Crippen molar-refractivity contribution in [1.29, 1.82) is 0 Å². The summed E-state index contributed by atoms with van der Waals surface area (Å²) in [6, 6.07) is 8.03. The van der Waals surface area contributed by atoms with Gasteiger partial charge in [-0.15, -0.1) is 11.3 Å². The number of hydrogen-bond acceptors (Lipinski definition) is 6. The Morgan fingerprint density at radius 3 is 2.95 bits per heavy atom. The summed E-state index contributed by atoms with van der Waals surface area (Å²) in [6.07, 6.45) is 1.70. The lowest BCUT2D eigenvalue weighted by atomic mass is 10.3. The van der Waals surface area contributed by atoms with Gasteiger partial charge in [0.2, 0.25) is 5.28 Å². The molecule has 0 amide bonds. The van der Waals surface area contributed by atoms with Crippen molar-refractivity contribution in [2.45, 2.75) is 9.37 Å². The number of aromatic amines is 1. The highest BCUT2D eigenvalue weighted by molar-refractivity contribution is 8.01. The van der Waals surface area contributed by atoms with Crippen LogP contribution >= 0.6 is 34.7 Å². The van der Waals surface area contributed by atoms with Crippen LogP contribution < -0.4 is 0 Å². The van der Waals surface area contributed by atoms with Crippen LogP contribution in [0.5, 0.6) is 0 Å². The number of para-hydroxylation sites is 1. The third-order valence-corrected chi connectivity index (χ3v) is 4.98. The monoisotopic (exact) mass is 319 g/mol. The minimum atomic E-state index is 0.199. The molecule has 0 fully saturated rings. The molecular weight excluding hydrogens is 314 g/mol. The number of H-pyrrole nitrogens is 1. The average Bonchev–Trinajstić information content (AvgIpc) is 3.03. The number of nitrogens with one attached hydrogen (secondary N) is 1. The fraction of sp³-hybridized carbons (Fsp3) is 0. The minimum Gasteiger partial charge on any atom is -0.261 e. The van der Waals surface area contributed by atoms with E-state index >= 15 is 0 Å². The Morgan fingerprint density at radius 2 is 2.05 bits per heavy atom. The molecule has 0 aliphatic rings. The van der Waals surface area contributed by atoms with Crippen LogP contribution in [0.4, 0.5) is 0 Å². The number of hydrogen-bond donors (Lipinski definition) is 1. The van der Waals surface area contributed by atoms with E-state index in [9.17, 15) is 0 Å². The summed E-state index contributed by atoms with van der Waals surface area (Å²) < 4.78 is 2.07. The Hall–Kier alpha value is -1.70. The Bertz CT molecular complexity index is 883. The van der Waals surface area contributed by atoms with Gasteiger partial charge in [-0.3, -0.25) is 5.10 Å². The van der Waals surface area contributed by atoms with Crippen LogP contribution in [-0.2, 0) is 0 Å². The maximum absolute atomic E-state index is 5.93. The molecule has 5 nitrogen and oxygen atoms in total. The Kier molecular flexibility index (Phi) is 2.83. The smallest absolute Gasteiger partial charge is 0.225 e. The second kappa shape index (κ2) is 4.69. The summed E-state index contributed by atoms with van der Waals surface area (Å²) in [5, 5.41) is 8.57. The zero-order chi connectivity index (χ0) is 13.5. The van der Waals surface area contributed by atoms with Crippen molar-refractivity contribution >= 4 is 55.9 Å². The molecule has 1 N–H and O–H groups in total. The van der Waals surface area contributed by atoms with Crippen LogP contribution in [0.3, 0.4) is 0 Å². The zero-order valence-electron chi connectivity index (χ0n) is 9.87. The van der Waals surface area contributed by atoms with Crippen molar-refractivity contribution in [3.8, 4) is 0 Å². The molecule has 8 heteroatoms. The predicted octanol–water partition coefficient (Wildman–Crippen LogP) is 3.77. The highest BCUT2D eigenvalue weighted by Gasteiger charge is 2.12. The second-order valence-corrected chi connectivity index (χ2v) is 6.58. The Morgan fingerprint density at radius 1 is 1.15 bits per heavy atom. The van der Waals surface area contributed by atoms with E-state index in [2.05, 4.69) is 31.2 Å². The standard InChI is InChI=1S/C12H6ClN5S2/c13-11-16-9-6(5-14-18-9)10(17-11)20-12-15-7-3-1-2-4-8(7)19-12/h1-5H,(H,14,16,17,18). The van der Waals surface area contributed by atoms with Crippen molar-refractivity contribution in [3.05, 3.63) is 35.7 Å². The lowest BCUT2D eigenvalue weighted by Crippen LogP contribution is -1.87. The molecule has 20 heavy (non-hydrogen) atoms. The Balaban J connectivity index is 1.81. The SMILES string of the molecule is Clc1nc(Sc2nc3ccccc3s2)c2cn[nH]c2n1. The molecule has 98 valence electrons. The summed E-state index contributed by atoms with van der Waals surface area (Å²) >= 11 is 9.03. The first-order valence-electron chi connectivity index (χ1n) is 5.69. The van der Waals surface area contributed by atoms with E-state index in [0.29, 0.717) is 5.65 Å². The van der Waals surface area contributed by atoms with E-state index in [1.807, 2.05) is 18.2 Å². The molecule has 3 aromatic heterocycles. The van der Waals surface area contributed by atoms with E-state index in [-0.39, 0.29) is 5.28 Å². The Labute approximate surface area is 126 Å². The normalized spacial score (nSPS) is 11.4. The molecule has 0 saturated carbocycles. The summed E-state index contributed by atoms with van der Waals surface area (Å²) in [7, 11) is 0. The summed E-state index contributed by atoms with van der Waals surface area (Å²) in [4.78, 5) is 12.9. The summed E-state index contributed by atoms with van der Waals surface area (Å²) in [6.45, 7) is 0. The van der Waals surface area contributed by atoms with Crippen LogP contribution in [0.25, 0.3) is 21.3 Å². The molecule has 3 heterocycles. The van der Waals surface area contributed by atoms with Crippen molar-refractivity contribution < 1.29 is 0 Å². The number of rotatable bonds is 2. The van der Waals surface area contributed by atoms with E-state index in [0.717, 1.165) is 25.0 Å². The van der Waals surface area contributed by atoms with Gasteiger partial charge in [-0.25, -0.2) is 9.97 Å². The third kappa shape index (κ3) is 2.04. The van der Waals surface area contributed by atoms with Gasteiger partial charge >= 0.3 is 0 Å². The number of nitrogens with zero attached hydrogens (tertiary/aromatic N) is 4. The number of benzene rings is 1. The molecule has 0 atom stereocenters. The van der Waals surface area contributed by atoms with Crippen LogP contribution in [0.2, 0.25) is 5.28 Å². The molecule has 0 unspecified atom stereocenters. The number of halogens is 1. The molecule has 1 aromatic carbocycles. The maximum atomic E-state index is 5.93. The van der Waals surface area contributed by atoms with Crippen LogP contribution in [0, 0.1) is 0 Å². The molecule has 0 spiro atoms. The first-order chi connectivity index (χ1) is 9.79. The fourth-order valence-corrected chi connectivity index (χ4v) is 4.13. The molecule has 4 rings (SSSR count). The zero-order valence-corrected chi connectivity index (χ0v) is 12.3. The molecule has 0 aliphatic heterocycles. The van der Waals surface area contributed by atoms with Gasteiger partial charge in [0, 0.05) is 0 Å². The van der Waals surface area contributed by atoms with Crippen LogP contribution in [-0.4, -0.2) is 25.1 Å². The van der Waals surface area contributed by atoms with Crippen molar-refractivity contribution in [3.63, 3.8) is 0 Å². The van der Waals surface area contributed by atoms with Gasteiger partial charge < -0.3 is 0 Å². The molecule has 0 radical (unpaired) electrons. The van der Waals surface area contributed by atoms with Gasteiger partial charge in [0.25, 0.3) is 0 Å². The molecule has 4 aromatic rings.